The Morgan fingerprint density at radius 2 is 2.00 bits per heavy atom. The molecule has 114 valence electrons. The highest BCUT2D eigenvalue weighted by atomic mass is 32.2. The quantitative estimate of drug-likeness (QED) is 0.849. The first-order chi connectivity index (χ1) is 10.8. The van der Waals surface area contributed by atoms with Crippen molar-refractivity contribution in [3.8, 4) is 0 Å². The van der Waals surface area contributed by atoms with Gasteiger partial charge < -0.3 is 4.52 Å². The molecule has 0 spiro atoms. The van der Waals surface area contributed by atoms with Gasteiger partial charge in [-0.15, -0.1) is 11.8 Å². The lowest BCUT2D eigenvalue weighted by atomic mass is 9.83. The van der Waals surface area contributed by atoms with Crippen molar-refractivity contribution in [1.82, 2.24) is 10.1 Å². The van der Waals surface area contributed by atoms with Gasteiger partial charge in [-0.3, -0.25) is 4.90 Å². The summed E-state index contributed by atoms with van der Waals surface area (Å²) in [6.45, 7) is 4.39. The fraction of sp³-hybridized carbons (Fsp3) is 0.389. The number of fused-ring (bicyclic) bond motifs is 3. The van der Waals surface area contributed by atoms with Gasteiger partial charge in [-0.25, -0.2) is 0 Å². The number of aryl methyl sites for hydroxylation is 1. The highest BCUT2D eigenvalue weighted by molar-refractivity contribution is 8.00. The molecule has 3 saturated heterocycles. The minimum absolute atomic E-state index is 0.431. The zero-order chi connectivity index (χ0) is 14.9. The van der Waals surface area contributed by atoms with Crippen LogP contribution in [0.3, 0.4) is 0 Å². The van der Waals surface area contributed by atoms with E-state index in [-0.39, 0.29) is 0 Å². The van der Waals surface area contributed by atoms with Crippen molar-refractivity contribution in [2.24, 2.45) is 5.92 Å². The summed E-state index contributed by atoms with van der Waals surface area (Å²) >= 11 is 1.96. The Morgan fingerprint density at radius 3 is 2.68 bits per heavy atom. The number of hydrogen-bond donors (Lipinski definition) is 0. The average molecular weight is 312 g/mol. The molecule has 0 saturated carbocycles. The van der Waals surface area contributed by atoms with Gasteiger partial charge in [0, 0.05) is 24.1 Å². The van der Waals surface area contributed by atoms with Crippen LogP contribution >= 0.6 is 11.8 Å². The Kier molecular flexibility index (Phi) is 3.80. The predicted octanol–water partition coefficient (Wildman–Crippen LogP) is 4.21. The van der Waals surface area contributed by atoms with E-state index in [2.05, 4.69) is 46.5 Å². The van der Waals surface area contributed by atoms with E-state index >= 15 is 0 Å². The second kappa shape index (κ2) is 5.94. The number of rotatable bonds is 3. The third kappa shape index (κ3) is 2.73. The molecular formula is C18H20N2OS. The molecule has 3 nitrogen and oxygen atoms in total. The van der Waals surface area contributed by atoms with Crippen molar-refractivity contribution in [1.29, 1.82) is 0 Å². The van der Waals surface area contributed by atoms with Gasteiger partial charge in [-0.1, -0.05) is 23.4 Å². The smallest absolute Gasteiger partial charge is 0.159 e. The molecule has 2 bridgehead atoms. The van der Waals surface area contributed by atoms with Crippen molar-refractivity contribution in [3.63, 3.8) is 0 Å². The number of thioether (sulfide) groups is 1. The van der Waals surface area contributed by atoms with Crippen molar-refractivity contribution >= 4 is 17.8 Å². The summed E-state index contributed by atoms with van der Waals surface area (Å²) in [6.07, 6.45) is 4.77. The molecule has 0 unspecified atom stereocenters. The third-order valence-electron chi connectivity index (χ3n) is 4.56. The van der Waals surface area contributed by atoms with E-state index in [1.165, 1.54) is 36.4 Å². The number of nitrogens with zero attached hydrogens (tertiary/aromatic N) is 2. The summed E-state index contributed by atoms with van der Waals surface area (Å²) in [5, 5.41) is 4.44. The molecule has 4 heteroatoms. The lowest BCUT2D eigenvalue weighted by Crippen LogP contribution is -2.48. The zero-order valence-electron chi connectivity index (χ0n) is 12.7. The van der Waals surface area contributed by atoms with Gasteiger partial charge in [-0.2, -0.15) is 0 Å². The first-order valence-corrected chi connectivity index (χ1v) is 8.78. The summed E-state index contributed by atoms with van der Waals surface area (Å²) in [6, 6.07) is 12.7. The molecule has 4 heterocycles. The van der Waals surface area contributed by atoms with E-state index < -0.39 is 0 Å². The third-order valence-corrected chi connectivity index (χ3v) is 5.90. The van der Waals surface area contributed by atoms with Crippen molar-refractivity contribution in [3.05, 3.63) is 53.4 Å². The van der Waals surface area contributed by atoms with Crippen LogP contribution in [0.1, 0.15) is 24.3 Å². The van der Waals surface area contributed by atoms with Crippen LogP contribution in [-0.2, 0) is 0 Å². The van der Waals surface area contributed by atoms with Gasteiger partial charge in [0.05, 0.1) is 11.1 Å². The van der Waals surface area contributed by atoms with Crippen LogP contribution in [0.25, 0.3) is 6.08 Å². The monoisotopic (exact) mass is 312 g/mol. The Labute approximate surface area is 135 Å². The first kappa shape index (κ1) is 14.1. The van der Waals surface area contributed by atoms with E-state index in [0.717, 1.165) is 11.5 Å². The van der Waals surface area contributed by atoms with E-state index in [4.69, 9.17) is 4.52 Å². The molecule has 5 rings (SSSR count). The Balaban J connectivity index is 1.65. The topological polar surface area (TPSA) is 29.3 Å². The maximum atomic E-state index is 5.42. The van der Waals surface area contributed by atoms with Gasteiger partial charge in [0.25, 0.3) is 0 Å². The van der Waals surface area contributed by atoms with Crippen molar-refractivity contribution in [2.75, 3.05) is 13.1 Å². The highest BCUT2D eigenvalue weighted by Crippen LogP contribution is 2.44. The van der Waals surface area contributed by atoms with E-state index in [0.29, 0.717) is 11.3 Å². The SMILES string of the molecule is Cc1cc(/C=C2\C3CCN(CC3)[C@@H]2Sc2ccccc2)on1. The first-order valence-electron chi connectivity index (χ1n) is 7.90. The highest BCUT2D eigenvalue weighted by Gasteiger charge is 2.38. The van der Waals surface area contributed by atoms with Crippen LogP contribution in [0.4, 0.5) is 0 Å². The molecule has 0 N–H and O–H groups in total. The normalized spacial score (nSPS) is 29.1. The number of hydrogen-bond acceptors (Lipinski definition) is 4. The maximum Gasteiger partial charge on any atom is 0.159 e. The Bertz CT molecular complexity index is 671. The zero-order valence-corrected chi connectivity index (χ0v) is 13.6. The molecule has 3 aliphatic heterocycles. The second-order valence-corrected chi connectivity index (χ2v) is 7.26. The van der Waals surface area contributed by atoms with E-state index in [1.807, 2.05) is 24.8 Å². The standard InChI is InChI=1S/C18H20N2OS/c1-13-11-15(21-19-13)12-17-14-7-9-20(10-8-14)18(17)22-16-5-3-2-4-6-16/h2-6,11-12,14,18H,7-10H2,1H3/b17-12+/t18-/m1/s1. The molecule has 1 atom stereocenters. The number of aromatic nitrogens is 1. The van der Waals surface area contributed by atoms with E-state index in [9.17, 15) is 0 Å². The maximum absolute atomic E-state index is 5.42. The summed E-state index contributed by atoms with van der Waals surface area (Å²) in [4.78, 5) is 3.94. The summed E-state index contributed by atoms with van der Waals surface area (Å²) in [5.74, 6) is 1.58. The summed E-state index contributed by atoms with van der Waals surface area (Å²) < 4.78 is 5.42. The molecule has 0 amide bonds. The van der Waals surface area contributed by atoms with Crippen LogP contribution in [-0.4, -0.2) is 28.5 Å². The van der Waals surface area contributed by atoms with Crippen molar-refractivity contribution in [2.45, 2.75) is 30.0 Å². The van der Waals surface area contributed by atoms with Gasteiger partial charge >= 0.3 is 0 Å². The van der Waals surface area contributed by atoms with Crippen LogP contribution in [0, 0.1) is 12.8 Å². The van der Waals surface area contributed by atoms with Gasteiger partial charge in [-0.05, 0) is 49.5 Å². The minimum atomic E-state index is 0.431. The fourth-order valence-corrected chi connectivity index (χ4v) is 4.78. The number of piperidine rings is 3. The lowest BCUT2D eigenvalue weighted by Gasteiger charge is -2.47. The van der Waals surface area contributed by atoms with Crippen LogP contribution in [0.5, 0.6) is 0 Å². The van der Waals surface area contributed by atoms with Crippen LogP contribution < -0.4 is 0 Å². The summed E-state index contributed by atoms with van der Waals surface area (Å²) in [5.41, 5.74) is 2.45. The molecule has 0 radical (unpaired) electrons. The Hall–Kier alpha value is -1.52. The molecule has 1 aromatic heterocycles. The second-order valence-electron chi connectivity index (χ2n) is 6.11. The van der Waals surface area contributed by atoms with Crippen LogP contribution in [0.15, 0.2) is 51.4 Å². The van der Waals surface area contributed by atoms with Crippen molar-refractivity contribution < 1.29 is 4.52 Å². The molecule has 2 aromatic rings. The van der Waals surface area contributed by atoms with Gasteiger partial charge in [0.2, 0.25) is 0 Å². The van der Waals surface area contributed by atoms with Gasteiger partial charge in [0.1, 0.15) is 0 Å². The molecule has 1 aromatic carbocycles. The molecular weight excluding hydrogens is 292 g/mol. The number of benzene rings is 1. The Morgan fingerprint density at radius 1 is 1.23 bits per heavy atom. The van der Waals surface area contributed by atoms with Crippen LogP contribution in [0.2, 0.25) is 0 Å². The fourth-order valence-electron chi connectivity index (χ4n) is 3.46. The largest absolute Gasteiger partial charge is 0.357 e. The average Bonchev–Trinajstić information content (AvgIpc) is 2.97. The minimum Gasteiger partial charge on any atom is -0.357 e. The molecule has 3 fully saturated rings. The van der Waals surface area contributed by atoms with E-state index in [1.54, 1.807) is 0 Å². The predicted molar refractivity (Wildman–Crippen MR) is 89.6 cm³/mol. The molecule has 3 aliphatic rings. The van der Waals surface area contributed by atoms with Gasteiger partial charge in [0.15, 0.2) is 5.76 Å². The molecule has 22 heavy (non-hydrogen) atoms. The summed E-state index contributed by atoms with van der Waals surface area (Å²) in [7, 11) is 0. The lowest BCUT2D eigenvalue weighted by molar-refractivity contribution is 0.146. The molecule has 0 aliphatic carbocycles.